The molecule has 2 rings (SSSR count). The van der Waals surface area contributed by atoms with Crippen LogP contribution in [0, 0.1) is 0 Å². The van der Waals surface area contributed by atoms with Gasteiger partial charge in [0.25, 0.3) is 5.91 Å². The summed E-state index contributed by atoms with van der Waals surface area (Å²) >= 11 is 0. The highest BCUT2D eigenvalue weighted by Gasteiger charge is 2.25. The predicted octanol–water partition coefficient (Wildman–Crippen LogP) is 2.27. The number of ether oxygens (including phenoxy) is 3. The Hall–Kier alpha value is -2.50. The minimum atomic E-state index is -0.780. The van der Waals surface area contributed by atoms with Gasteiger partial charge in [-0.3, -0.25) is 4.79 Å². The molecule has 0 saturated carbocycles. The zero-order valence-corrected chi connectivity index (χ0v) is 14.3. The van der Waals surface area contributed by atoms with Gasteiger partial charge in [-0.2, -0.15) is 0 Å². The summed E-state index contributed by atoms with van der Waals surface area (Å²) in [6.07, 6.45) is 4.11. The molecule has 0 aromatic heterocycles. The van der Waals surface area contributed by atoms with E-state index in [0.717, 1.165) is 25.9 Å². The number of amides is 1. The number of rotatable bonds is 6. The summed E-state index contributed by atoms with van der Waals surface area (Å²) in [6, 6.07) is 5.28. The van der Waals surface area contributed by atoms with Crippen molar-refractivity contribution in [3.63, 3.8) is 0 Å². The van der Waals surface area contributed by atoms with Crippen LogP contribution in [-0.2, 0) is 14.3 Å². The summed E-state index contributed by atoms with van der Waals surface area (Å²) in [6.45, 7) is 3.07. The number of esters is 1. The van der Waals surface area contributed by atoms with Crippen LogP contribution in [-0.4, -0.2) is 50.2 Å². The molecule has 6 heteroatoms. The van der Waals surface area contributed by atoms with Gasteiger partial charge < -0.3 is 19.1 Å². The number of methoxy groups -OCH3 is 2. The smallest absolute Gasteiger partial charge is 0.331 e. The van der Waals surface area contributed by atoms with Gasteiger partial charge in [-0.1, -0.05) is 0 Å². The normalized spacial score (nSPS) is 15.4. The molecule has 1 saturated heterocycles. The summed E-state index contributed by atoms with van der Waals surface area (Å²) in [5.41, 5.74) is 0.716. The quantitative estimate of drug-likeness (QED) is 0.590. The highest BCUT2D eigenvalue weighted by Crippen LogP contribution is 2.25. The van der Waals surface area contributed by atoms with Gasteiger partial charge in [0, 0.05) is 30.8 Å². The SMILES string of the molecule is COc1ccc(/C=C/C(=O)O[C@@H](C)C(=O)N2CCCC2)c(OC)c1. The third-order valence-corrected chi connectivity index (χ3v) is 3.90. The van der Waals surface area contributed by atoms with Gasteiger partial charge in [-0.25, -0.2) is 4.79 Å². The molecule has 130 valence electrons. The first-order valence-corrected chi connectivity index (χ1v) is 7.94. The Labute approximate surface area is 142 Å². The highest BCUT2D eigenvalue weighted by atomic mass is 16.5. The monoisotopic (exact) mass is 333 g/mol. The molecule has 1 heterocycles. The second-order valence-corrected chi connectivity index (χ2v) is 5.55. The predicted molar refractivity (Wildman–Crippen MR) is 89.9 cm³/mol. The summed E-state index contributed by atoms with van der Waals surface area (Å²) < 4.78 is 15.6. The van der Waals surface area contributed by atoms with Crippen molar-refractivity contribution in [1.82, 2.24) is 4.90 Å². The summed E-state index contributed by atoms with van der Waals surface area (Å²) in [7, 11) is 3.11. The first-order chi connectivity index (χ1) is 11.5. The lowest BCUT2D eigenvalue weighted by Gasteiger charge is -2.19. The minimum absolute atomic E-state index is 0.142. The molecule has 0 N–H and O–H groups in total. The number of carbonyl (C=O) groups is 2. The van der Waals surface area contributed by atoms with E-state index in [4.69, 9.17) is 14.2 Å². The average molecular weight is 333 g/mol. The lowest BCUT2D eigenvalue weighted by molar-refractivity contribution is -0.154. The first-order valence-electron chi connectivity index (χ1n) is 7.94. The maximum atomic E-state index is 12.1. The van der Waals surface area contributed by atoms with Crippen molar-refractivity contribution in [2.45, 2.75) is 25.9 Å². The van der Waals surface area contributed by atoms with Gasteiger partial charge in [-0.05, 0) is 38.0 Å². The second-order valence-electron chi connectivity index (χ2n) is 5.55. The topological polar surface area (TPSA) is 65.1 Å². The minimum Gasteiger partial charge on any atom is -0.497 e. The first kappa shape index (κ1) is 17.8. The van der Waals surface area contributed by atoms with E-state index in [1.165, 1.54) is 6.08 Å². The largest absolute Gasteiger partial charge is 0.497 e. The van der Waals surface area contributed by atoms with E-state index in [2.05, 4.69) is 0 Å². The number of hydrogen-bond acceptors (Lipinski definition) is 5. The molecule has 0 unspecified atom stereocenters. The van der Waals surface area contributed by atoms with Crippen molar-refractivity contribution in [1.29, 1.82) is 0 Å². The third-order valence-electron chi connectivity index (χ3n) is 3.90. The maximum Gasteiger partial charge on any atom is 0.331 e. The zero-order chi connectivity index (χ0) is 17.5. The highest BCUT2D eigenvalue weighted by molar-refractivity contribution is 5.90. The Morgan fingerprint density at radius 1 is 1.17 bits per heavy atom. The summed E-state index contributed by atoms with van der Waals surface area (Å²) in [4.78, 5) is 25.8. The van der Waals surface area contributed by atoms with E-state index in [0.29, 0.717) is 17.1 Å². The number of hydrogen-bond donors (Lipinski definition) is 0. The fourth-order valence-corrected chi connectivity index (χ4v) is 2.57. The van der Waals surface area contributed by atoms with Gasteiger partial charge in [0.2, 0.25) is 0 Å². The van der Waals surface area contributed by atoms with Gasteiger partial charge in [0.1, 0.15) is 11.5 Å². The van der Waals surface area contributed by atoms with Crippen LogP contribution in [0.3, 0.4) is 0 Å². The van der Waals surface area contributed by atoms with Crippen molar-refractivity contribution >= 4 is 18.0 Å². The van der Waals surface area contributed by atoms with Crippen LogP contribution < -0.4 is 9.47 Å². The molecule has 1 aliphatic heterocycles. The van der Waals surface area contributed by atoms with Crippen LogP contribution in [0.5, 0.6) is 11.5 Å². The molecule has 0 radical (unpaired) electrons. The number of likely N-dealkylation sites (tertiary alicyclic amines) is 1. The lowest BCUT2D eigenvalue weighted by atomic mass is 10.1. The van der Waals surface area contributed by atoms with Crippen molar-refractivity contribution in [2.75, 3.05) is 27.3 Å². The standard InChI is InChI=1S/C18H23NO5/c1-13(18(21)19-10-4-5-11-19)24-17(20)9-7-14-6-8-15(22-2)12-16(14)23-3/h6-9,12-13H,4-5,10-11H2,1-3H3/b9-7+/t13-/m0/s1. The van der Waals surface area contributed by atoms with E-state index < -0.39 is 12.1 Å². The fraction of sp³-hybridized carbons (Fsp3) is 0.444. The molecule has 1 amide bonds. The van der Waals surface area contributed by atoms with Crippen molar-refractivity contribution in [3.05, 3.63) is 29.8 Å². The van der Waals surface area contributed by atoms with Crippen LogP contribution in [0.25, 0.3) is 6.08 Å². The van der Waals surface area contributed by atoms with E-state index in [1.807, 2.05) is 0 Å². The molecule has 1 aliphatic rings. The Morgan fingerprint density at radius 3 is 2.50 bits per heavy atom. The molecule has 1 atom stereocenters. The Bertz CT molecular complexity index is 620. The van der Waals surface area contributed by atoms with Crippen molar-refractivity contribution < 1.29 is 23.8 Å². The molecule has 24 heavy (non-hydrogen) atoms. The molecule has 0 spiro atoms. The Kier molecular flexibility index (Phi) is 6.23. The summed E-state index contributed by atoms with van der Waals surface area (Å²) in [5, 5.41) is 0. The molecule has 6 nitrogen and oxygen atoms in total. The molecular formula is C18H23NO5. The van der Waals surface area contributed by atoms with Crippen LogP contribution in [0.4, 0.5) is 0 Å². The van der Waals surface area contributed by atoms with Crippen LogP contribution >= 0.6 is 0 Å². The second kappa shape index (κ2) is 8.38. The summed E-state index contributed by atoms with van der Waals surface area (Å²) in [5.74, 6) is 0.542. The van der Waals surface area contributed by atoms with Crippen LogP contribution in [0.2, 0.25) is 0 Å². The Morgan fingerprint density at radius 2 is 1.88 bits per heavy atom. The molecule has 0 bridgehead atoms. The van der Waals surface area contributed by atoms with Crippen LogP contribution in [0.1, 0.15) is 25.3 Å². The molecule has 1 aromatic rings. The molecule has 1 aromatic carbocycles. The number of carbonyl (C=O) groups excluding carboxylic acids is 2. The molecule has 0 aliphatic carbocycles. The third kappa shape index (κ3) is 4.50. The number of nitrogens with zero attached hydrogens (tertiary/aromatic N) is 1. The van der Waals surface area contributed by atoms with Crippen molar-refractivity contribution in [2.24, 2.45) is 0 Å². The van der Waals surface area contributed by atoms with Crippen LogP contribution in [0.15, 0.2) is 24.3 Å². The maximum absolute atomic E-state index is 12.1. The van der Waals surface area contributed by atoms with Gasteiger partial charge in [0.15, 0.2) is 6.10 Å². The molecular weight excluding hydrogens is 310 g/mol. The van der Waals surface area contributed by atoms with E-state index in [1.54, 1.807) is 50.3 Å². The van der Waals surface area contributed by atoms with Crippen molar-refractivity contribution in [3.8, 4) is 11.5 Å². The van der Waals surface area contributed by atoms with Gasteiger partial charge in [-0.15, -0.1) is 0 Å². The van der Waals surface area contributed by atoms with Gasteiger partial charge in [0.05, 0.1) is 14.2 Å². The Balaban J connectivity index is 1.96. The van der Waals surface area contributed by atoms with E-state index >= 15 is 0 Å². The molecule has 1 fully saturated rings. The van der Waals surface area contributed by atoms with E-state index in [9.17, 15) is 9.59 Å². The van der Waals surface area contributed by atoms with Gasteiger partial charge >= 0.3 is 5.97 Å². The lowest BCUT2D eigenvalue weighted by Crippen LogP contribution is -2.37. The average Bonchev–Trinajstić information content (AvgIpc) is 3.13. The fourth-order valence-electron chi connectivity index (χ4n) is 2.57. The van der Waals surface area contributed by atoms with E-state index in [-0.39, 0.29) is 5.91 Å². The number of benzene rings is 1. The zero-order valence-electron chi connectivity index (χ0n) is 14.3.